The Morgan fingerprint density at radius 1 is 1.18 bits per heavy atom. The van der Waals surface area contributed by atoms with Crippen LogP contribution in [0.25, 0.3) is 0 Å². The predicted molar refractivity (Wildman–Crippen MR) is 85.1 cm³/mol. The highest BCUT2D eigenvalue weighted by atomic mass is 16.7. The molecule has 0 spiro atoms. The molecule has 0 aromatic heterocycles. The van der Waals surface area contributed by atoms with Gasteiger partial charge in [0.05, 0.1) is 4.92 Å². The molecule has 0 unspecified atom stereocenters. The lowest BCUT2D eigenvalue weighted by atomic mass is 9.95. The fraction of sp³-hybridized carbons (Fsp3) is 0.625. The number of rotatable bonds is 7. The van der Waals surface area contributed by atoms with E-state index >= 15 is 0 Å². The van der Waals surface area contributed by atoms with E-state index in [1.54, 1.807) is 12.1 Å². The number of nitro benzene ring substituents is 1. The molecule has 1 aromatic rings. The quantitative estimate of drug-likeness (QED) is 0.439. The van der Waals surface area contributed by atoms with Crippen LogP contribution in [0.2, 0.25) is 0 Å². The molecule has 2 rings (SSSR count). The number of ether oxygens (including phenoxy) is 2. The van der Waals surface area contributed by atoms with Crippen molar-refractivity contribution in [1.29, 1.82) is 0 Å². The molecule has 0 aliphatic carbocycles. The van der Waals surface area contributed by atoms with E-state index in [2.05, 4.69) is 4.90 Å². The molecular formula is C16H24N2O4. The Morgan fingerprint density at radius 3 is 2.18 bits per heavy atom. The highest BCUT2D eigenvalue weighted by Gasteiger charge is 2.27. The second kappa shape index (κ2) is 8.10. The third kappa shape index (κ3) is 4.18. The summed E-state index contributed by atoms with van der Waals surface area (Å²) in [4.78, 5) is 12.6. The van der Waals surface area contributed by atoms with E-state index in [1.165, 1.54) is 0 Å². The smallest absolute Gasteiger partial charge is 0.269 e. The largest absolute Gasteiger partial charge is 0.372 e. The molecule has 0 saturated carbocycles. The first-order valence-corrected chi connectivity index (χ1v) is 7.88. The van der Waals surface area contributed by atoms with Crippen molar-refractivity contribution in [3.63, 3.8) is 0 Å². The minimum Gasteiger partial charge on any atom is -0.372 e. The van der Waals surface area contributed by atoms with E-state index in [0.717, 1.165) is 31.6 Å². The van der Waals surface area contributed by atoms with Crippen LogP contribution in [0.5, 0.6) is 0 Å². The van der Waals surface area contributed by atoms with Crippen LogP contribution in [0.3, 0.4) is 0 Å². The SMILES string of the molecule is CCOC(OCC)C1CCN(c2ccc([N+](=O)[O-])cc2)CC1. The van der Waals surface area contributed by atoms with Gasteiger partial charge >= 0.3 is 0 Å². The molecule has 6 heteroatoms. The van der Waals surface area contributed by atoms with Crippen molar-refractivity contribution in [2.75, 3.05) is 31.2 Å². The van der Waals surface area contributed by atoms with Crippen LogP contribution in [-0.4, -0.2) is 37.5 Å². The second-order valence-corrected chi connectivity index (χ2v) is 5.38. The number of hydrogen-bond acceptors (Lipinski definition) is 5. The standard InChI is InChI=1S/C16H24N2O4/c1-3-21-16(22-4-2)13-9-11-17(12-10-13)14-5-7-15(8-6-14)18(19)20/h5-8,13,16H,3-4,9-12H2,1-2H3. The van der Waals surface area contributed by atoms with Gasteiger partial charge in [-0.15, -0.1) is 0 Å². The molecule has 0 N–H and O–H groups in total. The Balaban J connectivity index is 1.92. The van der Waals surface area contributed by atoms with E-state index in [1.807, 2.05) is 26.0 Å². The lowest BCUT2D eigenvalue weighted by molar-refractivity contribution is -0.384. The van der Waals surface area contributed by atoms with E-state index < -0.39 is 0 Å². The zero-order valence-electron chi connectivity index (χ0n) is 13.2. The first-order valence-electron chi connectivity index (χ1n) is 7.88. The van der Waals surface area contributed by atoms with E-state index in [4.69, 9.17) is 9.47 Å². The van der Waals surface area contributed by atoms with Gasteiger partial charge < -0.3 is 14.4 Å². The second-order valence-electron chi connectivity index (χ2n) is 5.38. The molecular weight excluding hydrogens is 284 g/mol. The summed E-state index contributed by atoms with van der Waals surface area (Å²) in [6, 6.07) is 6.76. The zero-order chi connectivity index (χ0) is 15.9. The lowest BCUT2D eigenvalue weighted by Crippen LogP contribution is -2.39. The molecule has 22 heavy (non-hydrogen) atoms. The summed E-state index contributed by atoms with van der Waals surface area (Å²) in [5.74, 6) is 0.411. The fourth-order valence-corrected chi connectivity index (χ4v) is 2.86. The van der Waals surface area contributed by atoms with Crippen LogP contribution in [0.4, 0.5) is 11.4 Å². The molecule has 122 valence electrons. The van der Waals surface area contributed by atoms with Crippen LogP contribution in [0.1, 0.15) is 26.7 Å². The minimum atomic E-state index is -0.370. The third-order valence-electron chi connectivity index (χ3n) is 4.01. The first kappa shape index (κ1) is 16.7. The third-order valence-corrected chi connectivity index (χ3v) is 4.01. The maximum Gasteiger partial charge on any atom is 0.269 e. The molecule has 0 atom stereocenters. The molecule has 0 radical (unpaired) electrons. The Morgan fingerprint density at radius 2 is 1.73 bits per heavy atom. The van der Waals surface area contributed by atoms with Gasteiger partial charge in [-0.3, -0.25) is 10.1 Å². The Kier molecular flexibility index (Phi) is 6.15. The molecule has 0 bridgehead atoms. The van der Waals surface area contributed by atoms with E-state index in [9.17, 15) is 10.1 Å². The molecule has 1 aromatic carbocycles. The van der Waals surface area contributed by atoms with Gasteiger partial charge in [0, 0.05) is 50.0 Å². The molecule has 1 aliphatic heterocycles. The number of hydrogen-bond donors (Lipinski definition) is 0. The van der Waals surface area contributed by atoms with Crippen molar-refractivity contribution in [3.8, 4) is 0 Å². The minimum absolute atomic E-state index is 0.117. The Hall–Kier alpha value is -1.66. The predicted octanol–water partition coefficient (Wildman–Crippen LogP) is 3.21. The monoisotopic (exact) mass is 308 g/mol. The molecule has 1 saturated heterocycles. The van der Waals surface area contributed by atoms with Crippen molar-refractivity contribution in [3.05, 3.63) is 34.4 Å². The Labute approximate surface area is 131 Å². The van der Waals surface area contributed by atoms with Gasteiger partial charge in [-0.2, -0.15) is 0 Å². The zero-order valence-corrected chi connectivity index (χ0v) is 13.2. The first-order chi connectivity index (χ1) is 10.7. The van der Waals surface area contributed by atoms with Crippen molar-refractivity contribution in [2.45, 2.75) is 33.0 Å². The average molecular weight is 308 g/mol. The van der Waals surface area contributed by atoms with Crippen LogP contribution in [-0.2, 0) is 9.47 Å². The summed E-state index contributed by atoms with van der Waals surface area (Å²) in [5.41, 5.74) is 1.17. The summed E-state index contributed by atoms with van der Waals surface area (Å²) >= 11 is 0. The van der Waals surface area contributed by atoms with Crippen molar-refractivity contribution in [2.24, 2.45) is 5.92 Å². The maximum absolute atomic E-state index is 10.7. The summed E-state index contributed by atoms with van der Waals surface area (Å²) in [5, 5.41) is 10.7. The van der Waals surface area contributed by atoms with Gasteiger partial charge in [0.1, 0.15) is 0 Å². The molecule has 1 aliphatic rings. The fourth-order valence-electron chi connectivity index (χ4n) is 2.86. The molecule has 6 nitrogen and oxygen atoms in total. The van der Waals surface area contributed by atoms with Gasteiger partial charge in [0.2, 0.25) is 0 Å². The van der Waals surface area contributed by atoms with E-state index in [-0.39, 0.29) is 16.9 Å². The number of anilines is 1. The summed E-state index contributed by atoms with van der Waals surface area (Å²) in [7, 11) is 0. The highest BCUT2D eigenvalue weighted by molar-refractivity contribution is 5.51. The van der Waals surface area contributed by atoms with Crippen LogP contribution >= 0.6 is 0 Å². The molecule has 1 fully saturated rings. The van der Waals surface area contributed by atoms with Gasteiger partial charge in [0.15, 0.2) is 6.29 Å². The Bertz CT molecular complexity index is 464. The van der Waals surface area contributed by atoms with Gasteiger partial charge in [0.25, 0.3) is 5.69 Å². The summed E-state index contributed by atoms with van der Waals surface area (Å²) in [6.07, 6.45) is 1.89. The number of nitrogens with zero attached hydrogens (tertiary/aromatic N) is 2. The number of nitro groups is 1. The van der Waals surface area contributed by atoms with Crippen LogP contribution in [0, 0.1) is 16.0 Å². The summed E-state index contributed by atoms with van der Waals surface area (Å²) < 4.78 is 11.4. The van der Waals surface area contributed by atoms with Crippen molar-refractivity contribution < 1.29 is 14.4 Å². The topological polar surface area (TPSA) is 64.8 Å². The number of piperidine rings is 1. The number of non-ortho nitro benzene ring substituents is 1. The van der Waals surface area contributed by atoms with Crippen molar-refractivity contribution in [1.82, 2.24) is 0 Å². The number of benzene rings is 1. The molecule has 1 heterocycles. The summed E-state index contributed by atoms with van der Waals surface area (Å²) in [6.45, 7) is 7.12. The maximum atomic E-state index is 10.7. The van der Waals surface area contributed by atoms with Crippen molar-refractivity contribution >= 4 is 11.4 Å². The average Bonchev–Trinajstić information content (AvgIpc) is 2.55. The normalized spacial score (nSPS) is 16.2. The highest BCUT2D eigenvalue weighted by Crippen LogP contribution is 2.28. The van der Waals surface area contributed by atoms with Crippen LogP contribution in [0.15, 0.2) is 24.3 Å². The lowest BCUT2D eigenvalue weighted by Gasteiger charge is -2.36. The van der Waals surface area contributed by atoms with Gasteiger partial charge in [-0.25, -0.2) is 0 Å². The molecule has 0 amide bonds. The van der Waals surface area contributed by atoms with Crippen LogP contribution < -0.4 is 4.90 Å². The van der Waals surface area contributed by atoms with Gasteiger partial charge in [-0.05, 0) is 38.8 Å². The van der Waals surface area contributed by atoms with Gasteiger partial charge in [-0.1, -0.05) is 0 Å². The van der Waals surface area contributed by atoms with E-state index in [0.29, 0.717) is 19.1 Å².